The highest BCUT2D eigenvalue weighted by atomic mass is 14.9. The summed E-state index contributed by atoms with van der Waals surface area (Å²) in [6.45, 7) is 0. The minimum atomic E-state index is 0.606. The van der Waals surface area contributed by atoms with E-state index in [-0.39, 0.29) is 0 Å². The normalized spacial score (nSPS) is 19.1. The first kappa shape index (κ1) is 18.2. The average Bonchev–Trinajstić information content (AvgIpc) is 3.43. The maximum absolute atomic E-state index is 4.90. The van der Waals surface area contributed by atoms with Crippen molar-refractivity contribution < 1.29 is 0 Å². The predicted octanol–water partition coefficient (Wildman–Crippen LogP) is 7.20. The Morgan fingerprint density at radius 1 is 0.567 bits per heavy atom. The van der Waals surface area contributed by atoms with Gasteiger partial charge in [-0.25, -0.2) is 9.97 Å². The van der Waals surface area contributed by atoms with Gasteiger partial charge in [-0.05, 0) is 61.1 Å². The summed E-state index contributed by atoms with van der Waals surface area (Å²) in [5.74, 6) is 3.58. The second kappa shape index (κ2) is 7.57. The molecule has 2 aromatic heterocycles. The van der Waals surface area contributed by atoms with Gasteiger partial charge in [0.25, 0.3) is 0 Å². The molecule has 4 aromatic rings. The molecule has 0 aliphatic heterocycles. The first-order valence-corrected chi connectivity index (χ1v) is 11.8. The largest absolute Gasteiger partial charge is 0.342 e. The SMILES string of the molecule is c1cc2nc(C3CCCCC3)[nH]c2cc1-c1ccc2nc(C3CCCCC3)[nH]c2c1. The van der Waals surface area contributed by atoms with E-state index in [1.54, 1.807) is 0 Å². The molecule has 2 saturated carbocycles. The van der Waals surface area contributed by atoms with E-state index >= 15 is 0 Å². The van der Waals surface area contributed by atoms with Crippen molar-refractivity contribution in [3.8, 4) is 11.1 Å². The minimum Gasteiger partial charge on any atom is -0.342 e. The molecule has 0 radical (unpaired) electrons. The maximum Gasteiger partial charge on any atom is 0.110 e. The Kier molecular flexibility index (Phi) is 4.59. The van der Waals surface area contributed by atoms with Gasteiger partial charge in [-0.15, -0.1) is 0 Å². The van der Waals surface area contributed by atoms with Crippen LogP contribution in [-0.4, -0.2) is 19.9 Å². The zero-order valence-corrected chi connectivity index (χ0v) is 17.6. The Labute approximate surface area is 177 Å². The Balaban J connectivity index is 1.31. The molecule has 4 nitrogen and oxygen atoms in total. The molecule has 0 spiro atoms. The Morgan fingerprint density at radius 3 is 1.43 bits per heavy atom. The first-order chi connectivity index (χ1) is 14.8. The fourth-order valence-corrected chi connectivity index (χ4v) is 5.56. The molecule has 4 heteroatoms. The van der Waals surface area contributed by atoms with Crippen LogP contribution in [0.2, 0.25) is 0 Å². The van der Waals surface area contributed by atoms with Gasteiger partial charge < -0.3 is 9.97 Å². The molecule has 6 rings (SSSR count). The van der Waals surface area contributed by atoms with Gasteiger partial charge in [0.2, 0.25) is 0 Å². The molecule has 0 saturated heterocycles. The molecule has 0 atom stereocenters. The van der Waals surface area contributed by atoms with Crippen molar-refractivity contribution in [2.45, 2.75) is 76.0 Å². The van der Waals surface area contributed by atoms with Crippen molar-refractivity contribution >= 4 is 22.1 Å². The number of nitrogens with one attached hydrogen (secondary N) is 2. The third-order valence-electron chi connectivity index (χ3n) is 7.32. The summed E-state index contributed by atoms with van der Waals surface area (Å²) in [5.41, 5.74) is 6.94. The van der Waals surface area contributed by atoms with E-state index in [1.807, 2.05) is 0 Å². The summed E-state index contributed by atoms with van der Waals surface area (Å²) < 4.78 is 0. The van der Waals surface area contributed by atoms with Gasteiger partial charge in [0.15, 0.2) is 0 Å². The van der Waals surface area contributed by atoms with Crippen molar-refractivity contribution in [2.75, 3.05) is 0 Å². The van der Waals surface area contributed by atoms with Crippen LogP contribution in [0.4, 0.5) is 0 Å². The highest BCUT2D eigenvalue weighted by molar-refractivity contribution is 5.86. The van der Waals surface area contributed by atoms with Gasteiger partial charge in [0.1, 0.15) is 11.6 Å². The average molecular weight is 399 g/mol. The van der Waals surface area contributed by atoms with Gasteiger partial charge in [-0.3, -0.25) is 0 Å². The lowest BCUT2D eigenvalue weighted by molar-refractivity contribution is 0.431. The van der Waals surface area contributed by atoms with Crippen LogP contribution in [0.25, 0.3) is 33.2 Å². The molecule has 2 aliphatic carbocycles. The smallest absolute Gasteiger partial charge is 0.110 e. The third-order valence-corrected chi connectivity index (χ3v) is 7.32. The fourth-order valence-electron chi connectivity index (χ4n) is 5.56. The first-order valence-electron chi connectivity index (χ1n) is 11.8. The van der Waals surface area contributed by atoms with Crippen LogP contribution in [0.5, 0.6) is 0 Å². The second-order valence-electron chi connectivity index (χ2n) is 9.38. The number of aromatic amines is 2. The molecular formula is C26H30N4. The number of benzene rings is 2. The molecule has 2 fully saturated rings. The summed E-state index contributed by atoms with van der Waals surface area (Å²) in [6, 6.07) is 13.2. The van der Waals surface area contributed by atoms with Gasteiger partial charge in [0.05, 0.1) is 22.1 Å². The number of aromatic nitrogens is 4. The highest BCUT2D eigenvalue weighted by Gasteiger charge is 2.20. The van der Waals surface area contributed by atoms with Gasteiger partial charge in [-0.1, -0.05) is 50.7 Å². The van der Waals surface area contributed by atoms with E-state index in [9.17, 15) is 0 Å². The van der Waals surface area contributed by atoms with Crippen LogP contribution in [-0.2, 0) is 0 Å². The molecule has 2 aliphatic rings. The third kappa shape index (κ3) is 3.32. The van der Waals surface area contributed by atoms with E-state index in [2.05, 4.69) is 46.4 Å². The van der Waals surface area contributed by atoms with Crippen LogP contribution in [0.1, 0.15) is 87.7 Å². The standard InChI is InChI=1S/C26H30N4/c1-3-7-17(8-4-1)25-27-21-13-11-19(15-23(21)29-25)20-12-14-22-24(16-20)30-26(28-22)18-9-5-2-6-10-18/h11-18H,1-10H2,(H,27,29)(H,28,30). The Bertz CT molecular complexity index is 1080. The van der Waals surface area contributed by atoms with Crippen LogP contribution >= 0.6 is 0 Å². The maximum atomic E-state index is 4.90. The summed E-state index contributed by atoms with van der Waals surface area (Å²) in [4.78, 5) is 17.1. The second-order valence-corrected chi connectivity index (χ2v) is 9.38. The molecule has 0 amide bonds. The number of imidazole rings is 2. The number of nitrogens with zero attached hydrogens (tertiary/aromatic N) is 2. The van der Waals surface area contributed by atoms with E-state index in [4.69, 9.17) is 9.97 Å². The molecular weight excluding hydrogens is 368 g/mol. The number of fused-ring (bicyclic) bond motifs is 2. The number of rotatable bonds is 3. The highest BCUT2D eigenvalue weighted by Crippen LogP contribution is 2.34. The van der Waals surface area contributed by atoms with Gasteiger partial charge in [-0.2, -0.15) is 0 Å². The summed E-state index contributed by atoms with van der Waals surface area (Å²) in [6.07, 6.45) is 13.2. The van der Waals surface area contributed by atoms with Crippen molar-refractivity contribution in [3.63, 3.8) is 0 Å². The Morgan fingerprint density at radius 2 is 1.00 bits per heavy atom. The van der Waals surface area contributed by atoms with Crippen LogP contribution in [0.3, 0.4) is 0 Å². The molecule has 0 bridgehead atoms. The predicted molar refractivity (Wildman–Crippen MR) is 123 cm³/mol. The molecule has 154 valence electrons. The van der Waals surface area contributed by atoms with Crippen molar-refractivity contribution in [1.29, 1.82) is 0 Å². The summed E-state index contributed by atoms with van der Waals surface area (Å²) in [7, 11) is 0. The molecule has 2 N–H and O–H groups in total. The van der Waals surface area contributed by atoms with E-state index < -0.39 is 0 Å². The molecule has 30 heavy (non-hydrogen) atoms. The van der Waals surface area contributed by atoms with Crippen LogP contribution in [0.15, 0.2) is 36.4 Å². The minimum absolute atomic E-state index is 0.606. The quantitative estimate of drug-likeness (QED) is 0.383. The van der Waals surface area contributed by atoms with Crippen LogP contribution < -0.4 is 0 Å². The lowest BCUT2D eigenvalue weighted by Gasteiger charge is -2.18. The molecule has 0 unspecified atom stereocenters. The van der Waals surface area contributed by atoms with Crippen molar-refractivity contribution in [2.24, 2.45) is 0 Å². The number of hydrogen-bond acceptors (Lipinski definition) is 2. The topological polar surface area (TPSA) is 57.4 Å². The zero-order chi connectivity index (χ0) is 19.9. The van der Waals surface area contributed by atoms with E-state index in [0.29, 0.717) is 11.8 Å². The summed E-state index contributed by atoms with van der Waals surface area (Å²) >= 11 is 0. The van der Waals surface area contributed by atoms with Crippen molar-refractivity contribution in [1.82, 2.24) is 19.9 Å². The zero-order valence-electron chi connectivity index (χ0n) is 17.6. The van der Waals surface area contributed by atoms with Crippen LogP contribution in [0, 0.1) is 0 Å². The number of hydrogen-bond donors (Lipinski definition) is 2. The monoisotopic (exact) mass is 398 g/mol. The Hall–Kier alpha value is -2.62. The molecule has 2 aromatic carbocycles. The summed E-state index contributed by atoms with van der Waals surface area (Å²) in [5, 5.41) is 0. The fraction of sp³-hybridized carbons (Fsp3) is 0.462. The van der Waals surface area contributed by atoms with E-state index in [0.717, 1.165) is 22.1 Å². The lowest BCUT2D eigenvalue weighted by atomic mass is 9.89. The lowest BCUT2D eigenvalue weighted by Crippen LogP contribution is -2.05. The van der Waals surface area contributed by atoms with Crippen molar-refractivity contribution in [3.05, 3.63) is 48.0 Å². The van der Waals surface area contributed by atoms with Gasteiger partial charge >= 0.3 is 0 Å². The van der Waals surface area contributed by atoms with Gasteiger partial charge in [0, 0.05) is 11.8 Å². The number of H-pyrrole nitrogens is 2. The molecule has 2 heterocycles. The van der Waals surface area contributed by atoms with E-state index in [1.165, 1.54) is 87.0 Å².